The molecule has 0 heterocycles. The molecule has 0 aromatic heterocycles. The molecule has 3 N–H and O–H groups in total. The third-order valence-corrected chi connectivity index (χ3v) is 4.44. The summed E-state index contributed by atoms with van der Waals surface area (Å²) in [5.41, 5.74) is 6.37. The lowest BCUT2D eigenvalue weighted by Gasteiger charge is -2.42. The van der Waals surface area contributed by atoms with Crippen LogP contribution in [0.1, 0.15) is 31.9 Å². The van der Waals surface area contributed by atoms with Gasteiger partial charge in [0.25, 0.3) is 0 Å². The molecule has 0 fully saturated rings. The fourth-order valence-electron chi connectivity index (χ4n) is 2.84. The minimum absolute atomic E-state index is 0.297. The zero-order valence-electron chi connectivity index (χ0n) is 15.0. The minimum atomic E-state index is -1.32. The van der Waals surface area contributed by atoms with E-state index in [-0.39, 0.29) is 5.41 Å². The number of methoxy groups -OCH3 is 2. The molecule has 1 atom stereocenters. The SMILES string of the molecule is COc1ccc(C(O)(c2ccc(OC)cc2)[C@H](N)C(C)(C)C)cc1. The maximum Gasteiger partial charge on any atom is 0.130 e. The smallest absolute Gasteiger partial charge is 0.130 e. The van der Waals surface area contributed by atoms with Crippen LogP contribution in [0.25, 0.3) is 0 Å². The van der Waals surface area contributed by atoms with Crippen LogP contribution in [0.3, 0.4) is 0 Å². The van der Waals surface area contributed by atoms with E-state index in [0.717, 1.165) is 22.6 Å². The summed E-state index contributed by atoms with van der Waals surface area (Å²) in [5.74, 6) is 1.47. The first-order valence-corrected chi connectivity index (χ1v) is 8.00. The second kappa shape index (κ2) is 6.83. The van der Waals surface area contributed by atoms with Gasteiger partial charge in [-0.2, -0.15) is 0 Å². The topological polar surface area (TPSA) is 64.7 Å². The van der Waals surface area contributed by atoms with Crippen LogP contribution in [0.5, 0.6) is 11.5 Å². The molecular formula is C20H27NO3. The average molecular weight is 329 g/mol. The molecule has 2 aromatic rings. The minimum Gasteiger partial charge on any atom is -0.497 e. The van der Waals surface area contributed by atoms with E-state index in [1.165, 1.54) is 0 Å². The molecule has 4 nitrogen and oxygen atoms in total. The Labute approximate surface area is 144 Å². The van der Waals surface area contributed by atoms with Crippen molar-refractivity contribution >= 4 is 0 Å². The largest absolute Gasteiger partial charge is 0.497 e. The van der Waals surface area contributed by atoms with Gasteiger partial charge in [-0.15, -0.1) is 0 Å². The second-order valence-corrected chi connectivity index (χ2v) is 7.07. The fraction of sp³-hybridized carbons (Fsp3) is 0.400. The van der Waals surface area contributed by atoms with E-state index < -0.39 is 11.6 Å². The summed E-state index contributed by atoms with van der Waals surface area (Å²) in [4.78, 5) is 0. The van der Waals surface area contributed by atoms with Crippen LogP contribution >= 0.6 is 0 Å². The van der Waals surface area contributed by atoms with Crippen molar-refractivity contribution in [2.75, 3.05) is 14.2 Å². The number of aliphatic hydroxyl groups is 1. The molecule has 0 amide bonds. The maximum atomic E-state index is 11.7. The molecule has 0 saturated heterocycles. The van der Waals surface area contributed by atoms with Crippen molar-refractivity contribution in [3.63, 3.8) is 0 Å². The molecular weight excluding hydrogens is 302 g/mol. The van der Waals surface area contributed by atoms with Crippen molar-refractivity contribution in [3.05, 3.63) is 59.7 Å². The van der Waals surface area contributed by atoms with E-state index in [1.807, 2.05) is 69.3 Å². The number of nitrogens with two attached hydrogens (primary N) is 1. The standard InChI is InChI=1S/C20H27NO3/c1-19(2,3)18(21)20(22,14-6-10-16(23-4)11-7-14)15-8-12-17(24-5)13-9-15/h6-13,18,22H,21H2,1-5H3/t18-/m1/s1. The highest BCUT2D eigenvalue weighted by atomic mass is 16.5. The molecule has 0 unspecified atom stereocenters. The van der Waals surface area contributed by atoms with E-state index in [4.69, 9.17) is 15.2 Å². The maximum absolute atomic E-state index is 11.7. The molecule has 2 rings (SSSR count). The van der Waals surface area contributed by atoms with Gasteiger partial charge in [0.15, 0.2) is 0 Å². The first kappa shape index (κ1) is 18.3. The molecule has 0 aliphatic carbocycles. The van der Waals surface area contributed by atoms with Crippen molar-refractivity contribution in [1.29, 1.82) is 0 Å². The molecule has 24 heavy (non-hydrogen) atoms. The lowest BCUT2D eigenvalue weighted by molar-refractivity contribution is 0.0111. The molecule has 0 spiro atoms. The van der Waals surface area contributed by atoms with E-state index >= 15 is 0 Å². The van der Waals surface area contributed by atoms with Crippen molar-refractivity contribution in [2.45, 2.75) is 32.4 Å². The fourth-order valence-corrected chi connectivity index (χ4v) is 2.84. The normalized spacial score (nSPS) is 13.5. The van der Waals surface area contributed by atoms with Crippen LogP contribution in [0.15, 0.2) is 48.5 Å². The van der Waals surface area contributed by atoms with Crippen LogP contribution in [0.2, 0.25) is 0 Å². The summed E-state index contributed by atoms with van der Waals surface area (Å²) < 4.78 is 10.4. The Kier molecular flexibility index (Phi) is 5.21. The molecule has 0 aliphatic heterocycles. The summed E-state index contributed by atoms with van der Waals surface area (Å²) in [6.07, 6.45) is 0. The van der Waals surface area contributed by atoms with Gasteiger partial charge in [0.05, 0.1) is 14.2 Å². The molecule has 0 bridgehead atoms. The molecule has 2 aromatic carbocycles. The van der Waals surface area contributed by atoms with E-state index in [2.05, 4.69) is 0 Å². The lowest BCUT2D eigenvalue weighted by Crippen LogP contribution is -2.53. The number of hydrogen-bond acceptors (Lipinski definition) is 4. The molecule has 4 heteroatoms. The highest BCUT2D eigenvalue weighted by Crippen LogP contribution is 2.40. The first-order valence-electron chi connectivity index (χ1n) is 8.00. The van der Waals surface area contributed by atoms with Crippen LogP contribution in [-0.2, 0) is 5.60 Å². The Morgan fingerprint density at radius 1 is 0.792 bits per heavy atom. The predicted octanol–water partition coefficient (Wildman–Crippen LogP) is 3.31. The summed E-state index contributed by atoms with van der Waals surface area (Å²) in [5, 5.41) is 11.7. The summed E-state index contributed by atoms with van der Waals surface area (Å²) >= 11 is 0. The highest BCUT2D eigenvalue weighted by molar-refractivity contribution is 5.42. The molecule has 0 aliphatic rings. The number of rotatable bonds is 5. The Morgan fingerprint density at radius 3 is 1.38 bits per heavy atom. The highest BCUT2D eigenvalue weighted by Gasteiger charge is 2.44. The van der Waals surface area contributed by atoms with Gasteiger partial charge in [0.2, 0.25) is 0 Å². The number of ether oxygens (including phenoxy) is 2. The Morgan fingerprint density at radius 2 is 1.12 bits per heavy atom. The first-order chi connectivity index (χ1) is 11.2. The predicted molar refractivity (Wildman–Crippen MR) is 96.4 cm³/mol. The van der Waals surface area contributed by atoms with Gasteiger partial charge in [-0.1, -0.05) is 45.0 Å². The van der Waals surface area contributed by atoms with Crippen molar-refractivity contribution < 1.29 is 14.6 Å². The summed E-state index contributed by atoms with van der Waals surface area (Å²) in [7, 11) is 3.23. The van der Waals surface area contributed by atoms with Gasteiger partial charge in [-0.05, 0) is 40.8 Å². The van der Waals surface area contributed by atoms with Gasteiger partial charge in [-0.25, -0.2) is 0 Å². The van der Waals surface area contributed by atoms with Crippen LogP contribution in [-0.4, -0.2) is 25.4 Å². The Balaban J connectivity index is 2.58. The van der Waals surface area contributed by atoms with Crippen LogP contribution < -0.4 is 15.2 Å². The van der Waals surface area contributed by atoms with E-state index in [9.17, 15) is 5.11 Å². The van der Waals surface area contributed by atoms with Crippen molar-refractivity contribution in [1.82, 2.24) is 0 Å². The number of hydrogen-bond donors (Lipinski definition) is 2. The number of benzene rings is 2. The second-order valence-electron chi connectivity index (χ2n) is 7.07. The van der Waals surface area contributed by atoms with Gasteiger partial charge < -0.3 is 20.3 Å². The molecule has 0 saturated carbocycles. The molecule has 0 radical (unpaired) electrons. The lowest BCUT2D eigenvalue weighted by atomic mass is 9.70. The van der Waals surface area contributed by atoms with Crippen LogP contribution in [0, 0.1) is 5.41 Å². The van der Waals surface area contributed by atoms with Gasteiger partial charge in [0.1, 0.15) is 17.1 Å². The van der Waals surface area contributed by atoms with Gasteiger partial charge >= 0.3 is 0 Å². The molecule has 130 valence electrons. The van der Waals surface area contributed by atoms with E-state index in [1.54, 1.807) is 14.2 Å². The summed E-state index contributed by atoms with van der Waals surface area (Å²) in [6, 6.07) is 14.2. The van der Waals surface area contributed by atoms with E-state index in [0.29, 0.717) is 0 Å². The van der Waals surface area contributed by atoms with Gasteiger partial charge in [-0.3, -0.25) is 0 Å². The van der Waals surface area contributed by atoms with Crippen molar-refractivity contribution in [3.8, 4) is 11.5 Å². The van der Waals surface area contributed by atoms with Crippen LogP contribution in [0.4, 0.5) is 0 Å². The van der Waals surface area contributed by atoms with Crippen molar-refractivity contribution in [2.24, 2.45) is 11.1 Å². The zero-order valence-corrected chi connectivity index (χ0v) is 15.0. The third-order valence-electron chi connectivity index (χ3n) is 4.44. The monoisotopic (exact) mass is 329 g/mol. The zero-order chi connectivity index (χ0) is 18.0. The van der Waals surface area contributed by atoms with Gasteiger partial charge in [0, 0.05) is 6.04 Å². The third kappa shape index (κ3) is 3.40. The Bertz CT molecular complexity index is 609. The quantitative estimate of drug-likeness (QED) is 0.883. The Hall–Kier alpha value is -2.04. The average Bonchev–Trinajstić information content (AvgIpc) is 2.59. The summed E-state index contributed by atoms with van der Waals surface area (Å²) in [6.45, 7) is 6.07.